The maximum absolute atomic E-state index is 9.09. The maximum atomic E-state index is 9.09. The Labute approximate surface area is 69.0 Å². The second-order valence-corrected chi connectivity index (χ2v) is 3.48. The summed E-state index contributed by atoms with van der Waals surface area (Å²) in [7, 11) is 0. The molecule has 0 saturated carbocycles. The Balaban J connectivity index is 2.27. The van der Waals surface area contributed by atoms with Gasteiger partial charge in [0, 0.05) is 6.61 Å². The minimum absolute atomic E-state index is 0.375. The van der Waals surface area contributed by atoms with Crippen LogP contribution in [-0.2, 0) is 0 Å². The third-order valence-electron chi connectivity index (χ3n) is 2.66. The Morgan fingerprint density at radius 3 is 2.91 bits per heavy atom. The van der Waals surface area contributed by atoms with Crippen LogP contribution in [0.2, 0.25) is 0 Å². The highest BCUT2D eigenvalue weighted by Crippen LogP contribution is 2.22. The van der Waals surface area contributed by atoms with Gasteiger partial charge in [0.2, 0.25) is 0 Å². The van der Waals surface area contributed by atoms with E-state index in [0.717, 1.165) is 19.0 Å². The zero-order valence-electron chi connectivity index (χ0n) is 7.34. The van der Waals surface area contributed by atoms with Crippen molar-refractivity contribution in [1.82, 2.24) is 5.32 Å². The molecule has 2 unspecified atom stereocenters. The van der Waals surface area contributed by atoms with Crippen LogP contribution in [0.3, 0.4) is 0 Å². The zero-order valence-corrected chi connectivity index (χ0v) is 7.34. The molecule has 2 N–H and O–H groups in total. The van der Waals surface area contributed by atoms with E-state index in [9.17, 15) is 0 Å². The first-order valence-electron chi connectivity index (χ1n) is 4.70. The summed E-state index contributed by atoms with van der Waals surface area (Å²) in [5.41, 5.74) is 0. The van der Waals surface area contributed by atoms with Crippen molar-refractivity contribution in [1.29, 1.82) is 0 Å². The van der Waals surface area contributed by atoms with Crippen molar-refractivity contribution in [2.75, 3.05) is 19.7 Å². The highest BCUT2D eigenvalue weighted by Gasteiger charge is 2.22. The summed E-state index contributed by atoms with van der Waals surface area (Å²) in [4.78, 5) is 0. The van der Waals surface area contributed by atoms with Gasteiger partial charge in [0.25, 0.3) is 0 Å². The lowest BCUT2D eigenvalue weighted by molar-refractivity contribution is 0.173. The molecule has 0 spiro atoms. The van der Waals surface area contributed by atoms with Gasteiger partial charge in [0.05, 0.1) is 0 Å². The van der Waals surface area contributed by atoms with Crippen LogP contribution in [0.15, 0.2) is 0 Å². The summed E-state index contributed by atoms with van der Waals surface area (Å²) in [5.74, 6) is 1.29. The molecule has 0 amide bonds. The lowest BCUT2D eigenvalue weighted by Crippen LogP contribution is -2.20. The van der Waals surface area contributed by atoms with Gasteiger partial charge in [-0.2, -0.15) is 0 Å². The molecule has 0 aromatic carbocycles. The van der Waals surface area contributed by atoms with E-state index >= 15 is 0 Å². The summed E-state index contributed by atoms with van der Waals surface area (Å²) in [6, 6.07) is 0. The number of aliphatic hydroxyl groups excluding tert-OH is 1. The molecule has 0 bridgehead atoms. The molecule has 0 radical (unpaired) electrons. The summed E-state index contributed by atoms with van der Waals surface area (Å²) in [6.45, 7) is 4.82. The Bertz CT molecular complexity index is 99.7. The van der Waals surface area contributed by atoms with E-state index in [1.165, 1.54) is 19.3 Å². The van der Waals surface area contributed by atoms with Crippen molar-refractivity contribution in [2.24, 2.45) is 11.8 Å². The Hall–Kier alpha value is -0.0800. The van der Waals surface area contributed by atoms with E-state index in [0.29, 0.717) is 12.5 Å². The molecule has 2 atom stereocenters. The lowest BCUT2D eigenvalue weighted by atomic mass is 9.89. The molecule has 0 aliphatic carbocycles. The molecule has 1 aliphatic heterocycles. The van der Waals surface area contributed by atoms with Crippen LogP contribution in [0.5, 0.6) is 0 Å². The first-order valence-corrected chi connectivity index (χ1v) is 4.70. The van der Waals surface area contributed by atoms with Crippen LogP contribution < -0.4 is 5.32 Å². The fraction of sp³-hybridized carbons (Fsp3) is 1.00. The van der Waals surface area contributed by atoms with Crippen LogP contribution in [-0.4, -0.2) is 24.8 Å². The molecule has 2 heteroatoms. The second-order valence-electron chi connectivity index (χ2n) is 3.48. The molecule has 66 valence electrons. The Kier molecular flexibility index (Phi) is 3.87. The Morgan fingerprint density at radius 1 is 1.64 bits per heavy atom. The molecule has 1 rings (SSSR count). The molecule has 1 fully saturated rings. The number of aliphatic hydroxyl groups is 1. The van der Waals surface area contributed by atoms with Gasteiger partial charge in [0.1, 0.15) is 0 Å². The van der Waals surface area contributed by atoms with Crippen molar-refractivity contribution < 1.29 is 5.11 Å². The minimum Gasteiger partial charge on any atom is -0.396 e. The Morgan fingerprint density at radius 2 is 2.45 bits per heavy atom. The number of nitrogens with one attached hydrogen (secondary N) is 1. The minimum atomic E-state index is 0.375. The molecule has 11 heavy (non-hydrogen) atoms. The van der Waals surface area contributed by atoms with Gasteiger partial charge in [-0.1, -0.05) is 13.3 Å². The van der Waals surface area contributed by atoms with E-state index in [1.54, 1.807) is 0 Å². The monoisotopic (exact) mass is 157 g/mol. The average Bonchev–Trinajstić information content (AvgIpc) is 2.52. The van der Waals surface area contributed by atoms with Crippen LogP contribution in [0.4, 0.5) is 0 Å². The van der Waals surface area contributed by atoms with Gasteiger partial charge >= 0.3 is 0 Å². The largest absolute Gasteiger partial charge is 0.396 e. The third kappa shape index (κ3) is 2.46. The van der Waals surface area contributed by atoms with Gasteiger partial charge in [-0.3, -0.25) is 0 Å². The van der Waals surface area contributed by atoms with Crippen LogP contribution in [0, 0.1) is 11.8 Å². The average molecular weight is 157 g/mol. The van der Waals surface area contributed by atoms with Gasteiger partial charge in [-0.25, -0.2) is 0 Å². The van der Waals surface area contributed by atoms with E-state index < -0.39 is 0 Å². The molecule has 0 aromatic rings. The molecule has 2 nitrogen and oxygen atoms in total. The predicted octanol–water partition coefficient (Wildman–Crippen LogP) is 1.00. The molecule has 1 heterocycles. The summed E-state index contributed by atoms with van der Waals surface area (Å²) in [6.07, 6.45) is 3.63. The van der Waals surface area contributed by atoms with Crippen LogP contribution >= 0.6 is 0 Å². The zero-order chi connectivity index (χ0) is 8.10. The smallest absolute Gasteiger partial charge is 0.0462 e. The number of hydrogen-bond donors (Lipinski definition) is 2. The lowest BCUT2D eigenvalue weighted by Gasteiger charge is -2.19. The fourth-order valence-corrected chi connectivity index (χ4v) is 1.93. The SMILES string of the molecule is CCCC(CO)C1CCNC1. The van der Waals surface area contributed by atoms with Crippen LogP contribution in [0.25, 0.3) is 0 Å². The van der Waals surface area contributed by atoms with Crippen LogP contribution in [0.1, 0.15) is 26.2 Å². The number of rotatable bonds is 4. The second kappa shape index (κ2) is 4.73. The molecule has 1 aliphatic rings. The van der Waals surface area contributed by atoms with Crippen molar-refractivity contribution in [3.8, 4) is 0 Å². The van der Waals surface area contributed by atoms with E-state index in [2.05, 4.69) is 12.2 Å². The fourth-order valence-electron chi connectivity index (χ4n) is 1.93. The van der Waals surface area contributed by atoms with Gasteiger partial charge < -0.3 is 10.4 Å². The van der Waals surface area contributed by atoms with Crippen molar-refractivity contribution in [2.45, 2.75) is 26.2 Å². The van der Waals surface area contributed by atoms with E-state index in [4.69, 9.17) is 5.11 Å². The molecular formula is C9H19NO. The quantitative estimate of drug-likeness (QED) is 0.638. The summed E-state index contributed by atoms with van der Waals surface area (Å²) >= 11 is 0. The molecule has 0 aromatic heterocycles. The van der Waals surface area contributed by atoms with Gasteiger partial charge in [-0.05, 0) is 37.8 Å². The van der Waals surface area contributed by atoms with Gasteiger partial charge in [-0.15, -0.1) is 0 Å². The van der Waals surface area contributed by atoms with Gasteiger partial charge in [0.15, 0.2) is 0 Å². The van der Waals surface area contributed by atoms with Crippen molar-refractivity contribution >= 4 is 0 Å². The standard InChI is InChI=1S/C9H19NO/c1-2-3-9(7-11)8-4-5-10-6-8/h8-11H,2-7H2,1H3. The maximum Gasteiger partial charge on any atom is 0.0462 e. The summed E-state index contributed by atoms with van der Waals surface area (Å²) in [5, 5.41) is 12.4. The molecular weight excluding hydrogens is 138 g/mol. The van der Waals surface area contributed by atoms with E-state index in [-0.39, 0.29) is 0 Å². The first-order chi connectivity index (χ1) is 5.38. The third-order valence-corrected chi connectivity index (χ3v) is 2.66. The van der Waals surface area contributed by atoms with Crippen molar-refractivity contribution in [3.63, 3.8) is 0 Å². The number of hydrogen-bond acceptors (Lipinski definition) is 2. The molecule has 1 saturated heterocycles. The predicted molar refractivity (Wildman–Crippen MR) is 46.5 cm³/mol. The topological polar surface area (TPSA) is 32.3 Å². The van der Waals surface area contributed by atoms with E-state index in [1.807, 2.05) is 0 Å². The first kappa shape index (κ1) is 9.01. The summed E-state index contributed by atoms with van der Waals surface area (Å²) < 4.78 is 0. The van der Waals surface area contributed by atoms with Crippen molar-refractivity contribution in [3.05, 3.63) is 0 Å². The highest BCUT2D eigenvalue weighted by atomic mass is 16.3. The normalized spacial score (nSPS) is 27.3. The highest BCUT2D eigenvalue weighted by molar-refractivity contribution is 4.77.